The molecule has 3 nitrogen and oxygen atoms in total. The second kappa shape index (κ2) is 10.5. The van der Waals surface area contributed by atoms with Gasteiger partial charge in [-0.3, -0.25) is 9.69 Å². The first-order valence-corrected chi connectivity index (χ1v) is 12.1. The number of piperidine rings is 1. The number of aliphatic carboxylic acids is 1. The molecule has 0 amide bonds. The van der Waals surface area contributed by atoms with Crippen LogP contribution >= 0.6 is 0 Å². The minimum Gasteiger partial charge on any atom is -0.481 e. The van der Waals surface area contributed by atoms with Crippen molar-refractivity contribution < 1.29 is 23.1 Å². The van der Waals surface area contributed by atoms with Crippen LogP contribution in [0.25, 0.3) is 0 Å². The van der Waals surface area contributed by atoms with Gasteiger partial charge in [-0.15, -0.1) is 0 Å². The number of rotatable bonds is 7. The first-order valence-electron chi connectivity index (χ1n) is 12.1. The van der Waals surface area contributed by atoms with Crippen LogP contribution in [0.2, 0.25) is 0 Å². The molecule has 1 unspecified atom stereocenters. The van der Waals surface area contributed by atoms with Gasteiger partial charge in [-0.25, -0.2) is 0 Å². The Hall–Kier alpha value is -2.34. The van der Waals surface area contributed by atoms with E-state index in [-0.39, 0.29) is 29.8 Å². The summed E-state index contributed by atoms with van der Waals surface area (Å²) in [6.07, 6.45) is -1.00. The minimum atomic E-state index is -4.38. The Labute approximate surface area is 201 Å². The second-order valence-corrected chi connectivity index (χ2v) is 10.5. The van der Waals surface area contributed by atoms with E-state index >= 15 is 0 Å². The molecule has 0 saturated carbocycles. The molecule has 0 aliphatic carbocycles. The summed E-state index contributed by atoms with van der Waals surface area (Å²) in [4.78, 5) is 13.8. The number of likely N-dealkylation sites (tertiary alicyclic amines) is 1. The maximum Gasteiger partial charge on any atom is 0.416 e. The molecule has 0 aromatic heterocycles. The Kier molecular flexibility index (Phi) is 8.12. The van der Waals surface area contributed by atoms with Gasteiger partial charge < -0.3 is 5.11 Å². The third kappa shape index (κ3) is 6.41. The molecule has 1 fully saturated rings. The van der Waals surface area contributed by atoms with E-state index in [1.54, 1.807) is 12.1 Å². The zero-order valence-electron chi connectivity index (χ0n) is 20.5. The van der Waals surface area contributed by atoms with Crippen molar-refractivity contribution in [3.05, 3.63) is 70.8 Å². The number of carboxylic acids is 1. The number of carboxylic acid groups (broad SMARTS) is 1. The van der Waals surface area contributed by atoms with Gasteiger partial charge in [0, 0.05) is 18.5 Å². The monoisotopic (exact) mass is 475 g/mol. The largest absolute Gasteiger partial charge is 0.481 e. The van der Waals surface area contributed by atoms with E-state index in [4.69, 9.17) is 0 Å². The van der Waals surface area contributed by atoms with Crippen LogP contribution in [0.3, 0.4) is 0 Å². The Morgan fingerprint density at radius 1 is 1.03 bits per heavy atom. The number of nitrogens with zero attached hydrogens (tertiary/aromatic N) is 1. The van der Waals surface area contributed by atoms with Crippen molar-refractivity contribution >= 4 is 5.97 Å². The standard InChI is InChI=1S/C28H36F3NO2/c1-5-6-24(20-7-11-22(12-8-20)27(2,3)4)32-16-15-19(18-26(33)34)17-25(32)21-9-13-23(14-10-21)28(29,30)31/h7-14,19,24-25H,5-6,15-18H2,1-4H3,(H,33,34)/t19-,24?,25+/m1/s1. The van der Waals surface area contributed by atoms with Crippen molar-refractivity contribution in [1.29, 1.82) is 0 Å². The lowest BCUT2D eigenvalue weighted by Crippen LogP contribution is -2.40. The minimum absolute atomic E-state index is 0.00610. The summed E-state index contributed by atoms with van der Waals surface area (Å²) in [5, 5.41) is 9.34. The third-order valence-electron chi connectivity index (χ3n) is 6.96. The van der Waals surface area contributed by atoms with E-state index in [9.17, 15) is 23.1 Å². The Bertz CT molecular complexity index is 946. The van der Waals surface area contributed by atoms with Gasteiger partial charge >= 0.3 is 12.1 Å². The summed E-state index contributed by atoms with van der Waals surface area (Å²) in [5.41, 5.74) is 2.66. The fraction of sp³-hybridized carbons (Fsp3) is 0.536. The summed E-state index contributed by atoms with van der Waals surface area (Å²) in [6, 6.07) is 14.1. The number of carbonyl (C=O) groups is 1. The van der Waals surface area contributed by atoms with Crippen LogP contribution in [0, 0.1) is 5.92 Å². The van der Waals surface area contributed by atoms with Crippen molar-refractivity contribution in [3.8, 4) is 0 Å². The zero-order valence-corrected chi connectivity index (χ0v) is 20.5. The second-order valence-electron chi connectivity index (χ2n) is 10.5. The van der Waals surface area contributed by atoms with E-state index in [2.05, 4.69) is 56.9 Å². The third-order valence-corrected chi connectivity index (χ3v) is 6.96. The van der Waals surface area contributed by atoms with Crippen molar-refractivity contribution in [2.45, 2.75) is 83.5 Å². The highest BCUT2D eigenvalue weighted by Gasteiger charge is 2.36. The summed E-state index contributed by atoms with van der Waals surface area (Å²) in [5.74, 6) is -0.820. The van der Waals surface area contributed by atoms with Crippen LogP contribution < -0.4 is 0 Å². The van der Waals surface area contributed by atoms with E-state index in [1.807, 2.05) is 0 Å². The number of hydrogen-bond donors (Lipinski definition) is 1. The van der Waals surface area contributed by atoms with Crippen LogP contribution in [-0.4, -0.2) is 22.5 Å². The van der Waals surface area contributed by atoms with Gasteiger partial charge in [-0.1, -0.05) is 70.5 Å². The molecule has 0 bridgehead atoms. The first-order chi connectivity index (χ1) is 15.9. The van der Waals surface area contributed by atoms with Crippen LogP contribution in [0.15, 0.2) is 48.5 Å². The number of benzene rings is 2. The lowest BCUT2D eigenvalue weighted by atomic mass is 9.82. The van der Waals surface area contributed by atoms with Crippen LogP contribution in [0.4, 0.5) is 13.2 Å². The maximum atomic E-state index is 13.1. The molecule has 1 N–H and O–H groups in total. The molecule has 3 rings (SSSR count). The molecule has 0 radical (unpaired) electrons. The van der Waals surface area contributed by atoms with Crippen LogP contribution in [0.5, 0.6) is 0 Å². The molecule has 1 aliphatic heterocycles. The molecule has 186 valence electrons. The molecule has 1 saturated heterocycles. The van der Waals surface area contributed by atoms with E-state index in [1.165, 1.54) is 11.1 Å². The highest BCUT2D eigenvalue weighted by molar-refractivity contribution is 5.67. The number of alkyl halides is 3. The quantitative estimate of drug-likeness (QED) is 0.445. The molecule has 6 heteroatoms. The van der Waals surface area contributed by atoms with Gasteiger partial charge in [0.2, 0.25) is 0 Å². The zero-order chi connectivity index (χ0) is 25.1. The normalized spacial score (nSPS) is 20.8. The van der Waals surface area contributed by atoms with Crippen LogP contribution in [-0.2, 0) is 16.4 Å². The van der Waals surface area contributed by atoms with Crippen molar-refractivity contribution in [2.75, 3.05) is 6.54 Å². The smallest absolute Gasteiger partial charge is 0.416 e. The highest BCUT2D eigenvalue weighted by Crippen LogP contribution is 2.43. The molecule has 3 atom stereocenters. The first kappa shape index (κ1) is 26.3. The summed E-state index contributed by atoms with van der Waals surface area (Å²) in [6.45, 7) is 9.40. The molecule has 2 aromatic rings. The molecule has 0 spiro atoms. The van der Waals surface area contributed by atoms with Gasteiger partial charge in [-0.2, -0.15) is 13.2 Å². The number of halogens is 3. The molecular weight excluding hydrogens is 439 g/mol. The predicted octanol–water partition coefficient (Wildman–Crippen LogP) is 7.77. The summed E-state index contributed by atoms with van der Waals surface area (Å²) in [7, 11) is 0. The molecule has 2 aromatic carbocycles. The van der Waals surface area contributed by atoms with Gasteiger partial charge in [-0.05, 0) is 66.0 Å². The van der Waals surface area contributed by atoms with Gasteiger partial charge in [0.1, 0.15) is 0 Å². The Balaban J connectivity index is 1.96. The van der Waals surface area contributed by atoms with E-state index < -0.39 is 17.7 Å². The van der Waals surface area contributed by atoms with Gasteiger partial charge in [0.25, 0.3) is 0 Å². The summed E-state index contributed by atoms with van der Waals surface area (Å²) >= 11 is 0. The van der Waals surface area contributed by atoms with E-state index in [0.29, 0.717) is 6.42 Å². The summed E-state index contributed by atoms with van der Waals surface area (Å²) < 4.78 is 39.4. The Morgan fingerprint density at radius 2 is 1.62 bits per heavy atom. The Morgan fingerprint density at radius 3 is 2.12 bits per heavy atom. The number of hydrogen-bond acceptors (Lipinski definition) is 2. The van der Waals surface area contributed by atoms with Crippen molar-refractivity contribution in [1.82, 2.24) is 4.90 Å². The average Bonchev–Trinajstić information content (AvgIpc) is 2.76. The van der Waals surface area contributed by atoms with Crippen LogP contribution in [0.1, 0.15) is 94.1 Å². The van der Waals surface area contributed by atoms with E-state index in [0.717, 1.165) is 43.5 Å². The predicted molar refractivity (Wildman–Crippen MR) is 129 cm³/mol. The topological polar surface area (TPSA) is 40.5 Å². The SMILES string of the molecule is CCCC(c1ccc(C(C)(C)C)cc1)N1CC[C@@H](CC(=O)O)C[C@H]1c1ccc(C(F)(F)F)cc1. The molecule has 1 heterocycles. The van der Waals surface area contributed by atoms with Crippen molar-refractivity contribution in [3.63, 3.8) is 0 Å². The maximum absolute atomic E-state index is 13.1. The molecule has 1 aliphatic rings. The average molecular weight is 476 g/mol. The van der Waals surface area contributed by atoms with Gasteiger partial charge in [0.15, 0.2) is 0 Å². The molecule has 34 heavy (non-hydrogen) atoms. The fourth-order valence-corrected chi connectivity index (χ4v) is 5.09. The van der Waals surface area contributed by atoms with Gasteiger partial charge in [0.05, 0.1) is 5.56 Å². The fourth-order valence-electron chi connectivity index (χ4n) is 5.09. The lowest BCUT2D eigenvalue weighted by Gasteiger charge is -2.44. The van der Waals surface area contributed by atoms with Crippen molar-refractivity contribution in [2.24, 2.45) is 5.92 Å². The molecular formula is C28H36F3NO2. The highest BCUT2D eigenvalue weighted by atomic mass is 19.4. The lowest BCUT2D eigenvalue weighted by molar-refractivity contribution is -0.139.